The summed E-state index contributed by atoms with van der Waals surface area (Å²) in [6.07, 6.45) is 0. The van der Waals surface area contributed by atoms with E-state index < -0.39 is 11.1 Å². The highest BCUT2D eigenvalue weighted by Crippen LogP contribution is 2.29. The summed E-state index contributed by atoms with van der Waals surface area (Å²) in [5, 5.41) is 0. The zero-order valence-electron chi connectivity index (χ0n) is 13.6. The maximum absolute atomic E-state index is 13.2. The standard InChI is InChI=1S/C16H20FN3O2S/c1-10(2)14-11(3)15(12-5-7-13(17)8-6-12)19-16(18-14)20(4)9-23(21)22/h5-8,10H,9H2,1-4H3,(H,21,22). The normalized spacial score (nSPS) is 12.5. The molecule has 7 heteroatoms. The molecule has 0 bridgehead atoms. The first-order valence-corrected chi connectivity index (χ1v) is 8.50. The molecule has 1 N–H and O–H groups in total. The predicted molar refractivity (Wildman–Crippen MR) is 90.3 cm³/mol. The van der Waals surface area contributed by atoms with E-state index in [0.29, 0.717) is 11.6 Å². The molecular formula is C16H20FN3O2S. The van der Waals surface area contributed by atoms with Gasteiger partial charge in [-0.1, -0.05) is 13.8 Å². The first-order chi connectivity index (χ1) is 10.8. The quantitative estimate of drug-likeness (QED) is 0.848. The molecule has 2 rings (SSSR count). The summed E-state index contributed by atoms with van der Waals surface area (Å²) in [6, 6.07) is 6.11. The van der Waals surface area contributed by atoms with Crippen molar-refractivity contribution in [3.05, 3.63) is 41.3 Å². The molecule has 1 unspecified atom stereocenters. The number of aromatic nitrogens is 2. The Morgan fingerprint density at radius 3 is 2.39 bits per heavy atom. The van der Waals surface area contributed by atoms with Crippen molar-refractivity contribution in [2.24, 2.45) is 0 Å². The number of benzene rings is 1. The molecule has 1 heterocycles. The van der Waals surface area contributed by atoms with Crippen molar-refractivity contribution in [2.75, 3.05) is 17.8 Å². The Labute approximate surface area is 137 Å². The molecule has 0 saturated carbocycles. The van der Waals surface area contributed by atoms with Gasteiger partial charge < -0.3 is 9.45 Å². The van der Waals surface area contributed by atoms with Crippen LogP contribution in [0.5, 0.6) is 0 Å². The van der Waals surface area contributed by atoms with Gasteiger partial charge in [0.05, 0.1) is 11.4 Å². The summed E-state index contributed by atoms with van der Waals surface area (Å²) in [6.45, 7) is 5.98. The van der Waals surface area contributed by atoms with E-state index in [9.17, 15) is 8.60 Å². The molecule has 0 spiro atoms. The van der Waals surface area contributed by atoms with Crippen LogP contribution in [0.3, 0.4) is 0 Å². The largest absolute Gasteiger partial charge is 0.330 e. The van der Waals surface area contributed by atoms with Gasteiger partial charge in [0.2, 0.25) is 5.95 Å². The molecule has 0 amide bonds. The Morgan fingerprint density at radius 1 is 1.26 bits per heavy atom. The highest BCUT2D eigenvalue weighted by Gasteiger charge is 2.17. The Hall–Kier alpha value is -1.86. The van der Waals surface area contributed by atoms with Gasteiger partial charge in [-0.3, -0.25) is 0 Å². The monoisotopic (exact) mass is 337 g/mol. The van der Waals surface area contributed by atoms with Crippen LogP contribution in [0.2, 0.25) is 0 Å². The van der Waals surface area contributed by atoms with Gasteiger partial charge in [0.1, 0.15) is 11.7 Å². The molecule has 5 nitrogen and oxygen atoms in total. The van der Waals surface area contributed by atoms with E-state index in [-0.39, 0.29) is 17.6 Å². The third-order valence-electron chi connectivity index (χ3n) is 3.48. The fourth-order valence-electron chi connectivity index (χ4n) is 2.37. The molecule has 0 aliphatic rings. The lowest BCUT2D eigenvalue weighted by molar-refractivity contribution is 0.563. The molecule has 1 aromatic carbocycles. The Kier molecular flexibility index (Phi) is 5.43. The second kappa shape index (κ2) is 7.14. The Morgan fingerprint density at radius 2 is 1.87 bits per heavy atom. The van der Waals surface area contributed by atoms with Crippen LogP contribution in [0.15, 0.2) is 24.3 Å². The van der Waals surface area contributed by atoms with Crippen LogP contribution in [-0.2, 0) is 11.1 Å². The van der Waals surface area contributed by atoms with Crippen LogP contribution in [0.25, 0.3) is 11.3 Å². The SMILES string of the molecule is Cc1c(-c2ccc(F)cc2)nc(N(C)CS(=O)O)nc1C(C)C. The lowest BCUT2D eigenvalue weighted by atomic mass is 10.00. The minimum absolute atomic E-state index is 0.0799. The van der Waals surface area contributed by atoms with Gasteiger partial charge in [-0.15, -0.1) is 0 Å². The molecule has 1 aromatic heterocycles. The van der Waals surface area contributed by atoms with Crippen molar-refractivity contribution in [1.82, 2.24) is 9.97 Å². The molecule has 0 fully saturated rings. The van der Waals surface area contributed by atoms with E-state index in [0.717, 1.165) is 16.8 Å². The maximum atomic E-state index is 13.2. The molecule has 0 radical (unpaired) electrons. The molecule has 1 atom stereocenters. The van der Waals surface area contributed by atoms with Gasteiger partial charge in [-0.25, -0.2) is 18.6 Å². The maximum Gasteiger partial charge on any atom is 0.226 e. The average Bonchev–Trinajstić information content (AvgIpc) is 2.47. The molecule has 124 valence electrons. The van der Waals surface area contributed by atoms with Crippen molar-refractivity contribution in [3.8, 4) is 11.3 Å². The first-order valence-electron chi connectivity index (χ1n) is 7.22. The van der Waals surface area contributed by atoms with Crippen LogP contribution in [0.1, 0.15) is 31.0 Å². The minimum Gasteiger partial charge on any atom is -0.330 e. The van der Waals surface area contributed by atoms with E-state index in [1.165, 1.54) is 17.0 Å². The molecule has 23 heavy (non-hydrogen) atoms. The second-order valence-electron chi connectivity index (χ2n) is 5.69. The van der Waals surface area contributed by atoms with Gasteiger partial charge in [0.25, 0.3) is 0 Å². The zero-order valence-corrected chi connectivity index (χ0v) is 14.4. The van der Waals surface area contributed by atoms with Crippen molar-refractivity contribution in [2.45, 2.75) is 26.7 Å². The van der Waals surface area contributed by atoms with E-state index in [1.54, 1.807) is 19.2 Å². The number of rotatable bonds is 5. The van der Waals surface area contributed by atoms with Crippen molar-refractivity contribution in [3.63, 3.8) is 0 Å². The second-order valence-corrected chi connectivity index (χ2v) is 6.59. The number of nitrogens with zero attached hydrogens (tertiary/aromatic N) is 3. The van der Waals surface area contributed by atoms with Crippen LogP contribution < -0.4 is 4.90 Å². The van der Waals surface area contributed by atoms with E-state index in [4.69, 9.17) is 4.55 Å². The summed E-state index contributed by atoms with van der Waals surface area (Å²) < 4.78 is 33.3. The van der Waals surface area contributed by atoms with Gasteiger partial charge in [0.15, 0.2) is 11.1 Å². The summed E-state index contributed by atoms with van der Waals surface area (Å²) in [7, 11) is 1.66. The van der Waals surface area contributed by atoms with Crippen LogP contribution in [0, 0.1) is 12.7 Å². The molecule has 2 aromatic rings. The number of halogens is 1. The Balaban J connectivity index is 2.58. The van der Waals surface area contributed by atoms with E-state index in [2.05, 4.69) is 9.97 Å². The number of hydrogen-bond acceptors (Lipinski definition) is 4. The van der Waals surface area contributed by atoms with Crippen LogP contribution in [0.4, 0.5) is 10.3 Å². The third kappa shape index (κ3) is 4.11. The van der Waals surface area contributed by atoms with Crippen molar-refractivity contribution in [1.29, 1.82) is 0 Å². The zero-order chi connectivity index (χ0) is 17.1. The highest BCUT2D eigenvalue weighted by atomic mass is 32.2. The van der Waals surface area contributed by atoms with Crippen molar-refractivity contribution < 1.29 is 13.2 Å². The number of anilines is 1. The molecule has 0 saturated heterocycles. The average molecular weight is 337 g/mol. The minimum atomic E-state index is -1.98. The van der Waals surface area contributed by atoms with Gasteiger partial charge in [-0.05, 0) is 42.7 Å². The summed E-state index contributed by atoms with van der Waals surface area (Å²) in [4.78, 5) is 10.6. The van der Waals surface area contributed by atoms with E-state index in [1.807, 2.05) is 20.8 Å². The Bertz CT molecular complexity index is 720. The van der Waals surface area contributed by atoms with Crippen molar-refractivity contribution >= 4 is 17.0 Å². The van der Waals surface area contributed by atoms with Crippen LogP contribution in [-0.4, -0.2) is 31.7 Å². The lowest BCUT2D eigenvalue weighted by Gasteiger charge is -2.20. The predicted octanol–water partition coefficient (Wildman–Crippen LogP) is 3.33. The van der Waals surface area contributed by atoms with Gasteiger partial charge in [-0.2, -0.15) is 0 Å². The summed E-state index contributed by atoms with van der Waals surface area (Å²) >= 11 is -1.98. The molecule has 0 aliphatic carbocycles. The topological polar surface area (TPSA) is 66.3 Å². The molecular weight excluding hydrogens is 317 g/mol. The first kappa shape index (κ1) is 17.5. The highest BCUT2D eigenvalue weighted by molar-refractivity contribution is 7.79. The molecule has 0 aliphatic heterocycles. The van der Waals surface area contributed by atoms with E-state index >= 15 is 0 Å². The fourth-order valence-corrected chi connectivity index (χ4v) is 2.81. The fraction of sp³-hybridized carbons (Fsp3) is 0.375. The van der Waals surface area contributed by atoms with Gasteiger partial charge in [0, 0.05) is 12.6 Å². The number of hydrogen-bond donors (Lipinski definition) is 1. The van der Waals surface area contributed by atoms with Crippen LogP contribution >= 0.6 is 0 Å². The van der Waals surface area contributed by atoms with Gasteiger partial charge >= 0.3 is 0 Å². The third-order valence-corrected chi connectivity index (χ3v) is 4.09. The summed E-state index contributed by atoms with van der Waals surface area (Å²) in [5.74, 6) is 0.159. The summed E-state index contributed by atoms with van der Waals surface area (Å²) in [5.41, 5.74) is 3.28. The smallest absolute Gasteiger partial charge is 0.226 e. The lowest BCUT2D eigenvalue weighted by Crippen LogP contribution is -2.25.